The predicted octanol–water partition coefficient (Wildman–Crippen LogP) is 23.8. The Morgan fingerprint density at radius 2 is 0.512 bits per heavy atom. The summed E-state index contributed by atoms with van der Waals surface area (Å²) >= 11 is 0. The number of allylic oxidation sites excluding steroid dienone is 14. The molecule has 0 saturated carbocycles. The zero-order chi connectivity index (χ0) is 57.8. The van der Waals surface area contributed by atoms with Crippen molar-refractivity contribution in [1.29, 1.82) is 0 Å². The molecule has 0 N–H and O–H groups in total. The first-order valence-corrected chi connectivity index (χ1v) is 34.6. The lowest BCUT2D eigenvalue weighted by atomic mass is 10.0. The molecule has 1 atom stereocenters. The monoisotopic (exact) mass is 1110 g/mol. The first kappa shape index (κ1) is 76.6. The maximum Gasteiger partial charge on any atom is 0.306 e. The van der Waals surface area contributed by atoms with E-state index >= 15 is 0 Å². The van der Waals surface area contributed by atoms with Crippen LogP contribution >= 0.6 is 0 Å². The first-order valence-electron chi connectivity index (χ1n) is 34.6. The topological polar surface area (TPSA) is 78.9 Å². The Balaban J connectivity index is 4.20. The highest BCUT2D eigenvalue weighted by atomic mass is 16.6. The zero-order valence-corrected chi connectivity index (χ0v) is 53.1. The van der Waals surface area contributed by atoms with Crippen LogP contribution in [0.3, 0.4) is 0 Å². The summed E-state index contributed by atoms with van der Waals surface area (Å²) in [5, 5.41) is 0. The molecule has 0 bridgehead atoms. The molecule has 0 aliphatic heterocycles. The lowest BCUT2D eigenvalue weighted by Crippen LogP contribution is -2.30. The molecular weight excluding hydrogens is 985 g/mol. The van der Waals surface area contributed by atoms with Gasteiger partial charge < -0.3 is 14.2 Å². The Labute approximate surface area is 496 Å². The molecule has 0 aliphatic carbocycles. The molecule has 462 valence electrons. The SMILES string of the molecule is CC/C=C\C/C=C\C/C=C\C/C=C\C/C=C\CCCCCCCCCCCCCCCCCC(=O)OCC(COC(=O)CCCCCCC/C=C\C/C=C\CCC)OC(=O)CCCCCCCCCCCCCCCCCCCC. The van der Waals surface area contributed by atoms with Gasteiger partial charge in [-0.2, -0.15) is 0 Å². The summed E-state index contributed by atoms with van der Waals surface area (Å²) in [7, 11) is 0. The number of hydrogen-bond donors (Lipinski definition) is 0. The molecule has 0 aromatic heterocycles. The molecule has 0 fully saturated rings. The highest BCUT2D eigenvalue weighted by molar-refractivity contribution is 5.71. The molecule has 1 unspecified atom stereocenters. The number of ether oxygens (including phenoxy) is 3. The second-order valence-corrected chi connectivity index (χ2v) is 23.1. The van der Waals surface area contributed by atoms with E-state index in [1.807, 2.05) is 0 Å². The van der Waals surface area contributed by atoms with Crippen molar-refractivity contribution in [2.45, 2.75) is 354 Å². The Kier molecular flexibility index (Phi) is 65.2. The second-order valence-electron chi connectivity index (χ2n) is 23.1. The Hall–Kier alpha value is -3.41. The van der Waals surface area contributed by atoms with Crippen LogP contribution in [0.1, 0.15) is 348 Å². The van der Waals surface area contributed by atoms with Gasteiger partial charge in [0, 0.05) is 19.3 Å². The molecule has 0 saturated heterocycles. The van der Waals surface area contributed by atoms with E-state index < -0.39 is 6.10 Å². The van der Waals surface area contributed by atoms with Gasteiger partial charge in [0.15, 0.2) is 6.10 Å². The van der Waals surface area contributed by atoms with Crippen LogP contribution in [0, 0.1) is 0 Å². The van der Waals surface area contributed by atoms with Gasteiger partial charge in [0.1, 0.15) is 13.2 Å². The average Bonchev–Trinajstić information content (AvgIpc) is 3.46. The number of esters is 3. The number of carbonyl (C=O) groups is 3. The molecular formula is C74H130O6. The van der Waals surface area contributed by atoms with E-state index in [-0.39, 0.29) is 31.1 Å². The molecule has 0 amide bonds. The van der Waals surface area contributed by atoms with Crippen LogP contribution in [0.2, 0.25) is 0 Å². The quantitative estimate of drug-likeness (QED) is 0.0261. The van der Waals surface area contributed by atoms with E-state index in [0.29, 0.717) is 19.3 Å². The van der Waals surface area contributed by atoms with Crippen molar-refractivity contribution in [2.75, 3.05) is 13.2 Å². The average molecular weight is 1120 g/mol. The lowest BCUT2D eigenvalue weighted by Gasteiger charge is -2.18. The van der Waals surface area contributed by atoms with Crippen molar-refractivity contribution in [1.82, 2.24) is 0 Å². The molecule has 0 radical (unpaired) electrons. The smallest absolute Gasteiger partial charge is 0.306 e. The van der Waals surface area contributed by atoms with Gasteiger partial charge in [-0.25, -0.2) is 0 Å². The fraction of sp³-hybridized carbons (Fsp3) is 0.770. The summed E-state index contributed by atoms with van der Waals surface area (Å²) in [6, 6.07) is 0. The third kappa shape index (κ3) is 65.4. The first-order chi connectivity index (χ1) is 39.5. The summed E-state index contributed by atoms with van der Waals surface area (Å²) in [4.78, 5) is 38.4. The minimum atomic E-state index is -0.780. The number of hydrogen-bond acceptors (Lipinski definition) is 6. The summed E-state index contributed by atoms with van der Waals surface area (Å²) in [6.45, 7) is 6.50. The molecule has 0 aromatic rings. The van der Waals surface area contributed by atoms with Gasteiger partial charge in [-0.05, 0) is 89.9 Å². The van der Waals surface area contributed by atoms with Crippen molar-refractivity contribution < 1.29 is 28.6 Å². The Bertz CT molecular complexity index is 1520. The van der Waals surface area contributed by atoms with Crippen molar-refractivity contribution in [3.05, 3.63) is 85.1 Å². The van der Waals surface area contributed by atoms with E-state index in [1.54, 1.807) is 0 Å². The highest BCUT2D eigenvalue weighted by Gasteiger charge is 2.19. The Morgan fingerprint density at radius 1 is 0.263 bits per heavy atom. The molecule has 0 spiro atoms. The maximum absolute atomic E-state index is 12.9. The lowest BCUT2D eigenvalue weighted by molar-refractivity contribution is -0.167. The van der Waals surface area contributed by atoms with E-state index in [1.165, 1.54) is 193 Å². The van der Waals surface area contributed by atoms with Gasteiger partial charge in [0.2, 0.25) is 0 Å². The van der Waals surface area contributed by atoms with Gasteiger partial charge in [0.25, 0.3) is 0 Å². The fourth-order valence-electron chi connectivity index (χ4n) is 9.98. The summed E-state index contributed by atoms with van der Waals surface area (Å²) < 4.78 is 17.0. The van der Waals surface area contributed by atoms with Crippen LogP contribution in [0.15, 0.2) is 85.1 Å². The van der Waals surface area contributed by atoms with Crippen molar-refractivity contribution in [3.8, 4) is 0 Å². The fourth-order valence-corrected chi connectivity index (χ4v) is 9.98. The van der Waals surface area contributed by atoms with Crippen LogP contribution < -0.4 is 0 Å². The third-order valence-corrected chi connectivity index (χ3v) is 15.1. The second kappa shape index (κ2) is 68.1. The van der Waals surface area contributed by atoms with Gasteiger partial charge in [-0.15, -0.1) is 0 Å². The zero-order valence-electron chi connectivity index (χ0n) is 53.1. The summed E-state index contributed by atoms with van der Waals surface area (Å²) in [5.74, 6) is -0.872. The highest BCUT2D eigenvalue weighted by Crippen LogP contribution is 2.18. The van der Waals surface area contributed by atoms with E-state index in [0.717, 1.165) is 116 Å². The van der Waals surface area contributed by atoms with Crippen molar-refractivity contribution in [3.63, 3.8) is 0 Å². The van der Waals surface area contributed by atoms with Gasteiger partial charge >= 0.3 is 17.9 Å². The van der Waals surface area contributed by atoms with Gasteiger partial charge in [-0.1, -0.05) is 324 Å². The number of carbonyl (C=O) groups excluding carboxylic acids is 3. The van der Waals surface area contributed by atoms with Gasteiger partial charge in [-0.3, -0.25) is 14.4 Å². The Morgan fingerprint density at radius 3 is 0.812 bits per heavy atom. The summed E-state index contributed by atoms with van der Waals surface area (Å²) in [6.07, 6.45) is 90.4. The minimum absolute atomic E-state index is 0.0765. The van der Waals surface area contributed by atoms with Crippen LogP contribution in [-0.4, -0.2) is 37.2 Å². The van der Waals surface area contributed by atoms with Gasteiger partial charge in [0.05, 0.1) is 0 Å². The van der Waals surface area contributed by atoms with E-state index in [2.05, 4.69) is 106 Å². The molecule has 0 heterocycles. The van der Waals surface area contributed by atoms with Crippen LogP contribution in [0.4, 0.5) is 0 Å². The summed E-state index contributed by atoms with van der Waals surface area (Å²) in [5.41, 5.74) is 0. The molecule has 0 aromatic carbocycles. The standard InChI is InChI=1S/C74H130O6/c1-4-7-10-13-16-19-22-25-27-29-31-32-33-34-35-36-37-38-39-40-41-42-43-45-46-49-52-55-58-61-64-67-73(76)79-70-71(69-78-72(75)66-63-60-57-54-51-48-24-21-18-15-12-9-6-3)80-74(77)68-65-62-59-56-53-50-47-44-30-28-26-23-20-17-14-11-8-5-2/h7,10,12,15-16,19,21,24-25,27,31-32,34-35,71H,4-6,8-9,11,13-14,17-18,20,22-23,26,28-30,33,36-70H2,1-3H3/b10-7-,15-12-,19-16-,24-21-,27-25-,32-31-,35-34-. The number of rotatable bonds is 63. The number of unbranched alkanes of at least 4 members (excludes halogenated alkanes) is 38. The molecule has 0 aliphatic rings. The molecule has 6 nitrogen and oxygen atoms in total. The van der Waals surface area contributed by atoms with Crippen LogP contribution in [-0.2, 0) is 28.6 Å². The molecule has 80 heavy (non-hydrogen) atoms. The van der Waals surface area contributed by atoms with Crippen molar-refractivity contribution >= 4 is 17.9 Å². The van der Waals surface area contributed by atoms with E-state index in [4.69, 9.17) is 14.2 Å². The van der Waals surface area contributed by atoms with Crippen LogP contribution in [0.25, 0.3) is 0 Å². The minimum Gasteiger partial charge on any atom is -0.462 e. The van der Waals surface area contributed by atoms with Crippen LogP contribution in [0.5, 0.6) is 0 Å². The maximum atomic E-state index is 12.9. The predicted molar refractivity (Wildman–Crippen MR) is 348 cm³/mol. The largest absolute Gasteiger partial charge is 0.462 e. The molecule has 0 rings (SSSR count). The molecule has 6 heteroatoms. The third-order valence-electron chi connectivity index (χ3n) is 15.1. The van der Waals surface area contributed by atoms with E-state index in [9.17, 15) is 14.4 Å². The van der Waals surface area contributed by atoms with Crippen molar-refractivity contribution in [2.24, 2.45) is 0 Å². The normalized spacial score (nSPS) is 12.6.